The molecule has 0 bridgehead atoms. The van der Waals surface area contributed by atoms with Crippen LogP contribution in [0.1, 0.15) is 43.1 Å². The Morgan fingerprint density at radius 3 is 2.88 bits per heavy atom. The van der Waals surface area contributed by atoms with E-state index in [1.54, 1.807) is 12.3 Å². The van der Waals surface area contributed by atoms with Gasteiger partial charge in [-0.05, 0) is 38.1 Å². The number of rotatable bonds is 4. The maximum absolute atomic E-state index is 12.6. The second kappa shape index (κ2) is 7.39. The van der Waals surface area contributed by atoms with Gasteiger partial charge in [0.1, 0.15) is 0 Å². The predicted octanol–water partition coefficient (Wildman–Crippen LogP) is 2.63. The van der Waals surface area contributed by atoms with Crippen molar-refractivity contribution >= 4 is 22.9 Å². The number of nitrogens with zero attached hydrogens (tertiary/aromatic N) is 4. The van der Waals surface area contributed by atoms with Crippen LogP contribution in [0.15, 0.2) is 33.9 Å². The van der Waals surface area contributed by atoms with Gasteiger partial charge in [0, 0.05) is 37.6 Å². The molecule has 3 heterocycles. The normalized spacial score (nSPS) is 17.8. The quantitative estimate of drug-likeness (QED) is 0.841. The number of anilines is 1. The first kappa shape index (κ1) is 17.7. The lowest BCUT2D eigenvalue weighted by molar-refractivity contribution is 0.0670. The molecule has 0 spiro atoms. The summed E-state index contributed by atoms with van der Waals surface area (Å²) in [5.41, 5.74) is 1.43. The Labute approximate surface area is 151 Å². The minimum atomic E-state index is -0.111. The molecule has 1 atom stereocenters. The van der Waals surface area contributed by atoms with E-state index in [2.05, 4.69) is 18.9 Å². The molecular weight excluding hydrogens is 336 g/mol. The average Bonchev–Trinajstić information content (AvgIpc) is 3.15. The average molecular weight is 360 g/mol. The van der Waals surface area contributed by atoms with Crippen LogP contribution in [0.3, 0.4) is 0 Å². The van der Waals surface area contributed by atoms with E-state index in [1.807, 2.05) is 33.7 Å². The molecule has 1 fully saturated rings. The van der Waals surface area contributed by atoms with Crippen molar-refractivity contribution in [1.82, 2.24) is 14.7 Å². The highest BCUT2D eigenvalue weighted by molar-refractivity contribution is 7.08. The fraction of sp³-hybridized carbons (Fsp3) is 0.500. The minimum absolute atomic E-state index is 0.0372. The summed E-state index contributed by atoms with van der Waals surface area (Å²) in [7, 11) is 1.95. The smallest absolute Gasteiger partial charge is 0.269 e. The molecule has 1 saturated heterocycles. The highest BCUT2D eigenvalue weighted by atomic mass is 32.1. The number of likely N-dealkylation sites (tertiary alicyclic amines) is 1. The lowest BCUT2D eigenvalue weighted by Gasteiger charge is -2.33. The lowest BCUT2D eigenvalue weighted by Crippen LogP contribution is -2.43. The second-order valence-corrected chi connectivity index (χ2v) is 7.54. The number of carbonyl (C=O) groups excluding carboxylic acids is 1. The van der Waals surface area contributed by atoms with E-state index in [0.717, 1.165) is 30.6 Å². The van der Waals surface area contributed by atoms with Crippen molar-refractivity contribution in [2.45, 2.75) is 38.8 Å². The van der Waals surface area contributed by atoms with E-state index in [1.165, 1.54) is 16.0 Å². The monoisotopic (exact) mass is 360 g/mol. The van der Waals surface area contributed by atoms with Crippen LogP contribution in [0.2, 0.25) is 0 Å². The van der Waals surface area contributed by atoms with Crippen LogP contribution in [0, 0.1) is 0 Å². The molecule has 7 heteroatoms. The maximum Gasteiger partial charge on any atom is 0.269 e. The van der Waals surface area contributed by atoms with Crippen molar-refractivity contribution < 1.29 is 4.79 Å². The zero-order valence-corrected chi connectivity index (χ0v) is 15.7. The maximum atomic E-state index is 12.6. The van der Waals surface area contributed by atoms with Gasteiger partial charge in [0.25, 0.3) is 11.5 Å². The topological polar surface area (TPSA) is 58.4 Å². The van der Waals surface area contributed by atoms with E-state index in [4.69, 9.17) is 0 Å². The Morgan fingerprint density at radius 1 is 1.44 bits per heavy atom. The summed E-state index contributed by atoms with van der Waals surface area (Å²) in [5, 5.41) is 8.16. The Hall–Kier alpha value is -2.15. The molecule has 0 aromatic carbocycles. The van der Waals surface area contributed by atoms with Gasteiger partial charge in [-0.3, -0.25) is 9.59 Å². The highest BCUT2D eigenvalue weighted by Crippen LogP contribution is 2.22. The third-order valence-electron chi connectivity index (χ3n) is 4.79. The highest BCUT2D eigenvalue weighted by Gasteiger charge is 2.27. The zero-order chi connectivity index (χ0) is 18.0. The summed E-state index contributed by atoms with van der Waals surface area (Å²) < 4.78 is 1.53. The molecule has 1 aliphatic rings. The Balaban J connectivity index is 1.77. The molecule has 2 aromatic heterocycles. The number of piperidine rings is 1. The standard InChI is InChI=1S/C18H24N4O2S/c1-13(2)20(3)16-9-17(23)22(19-10-16)15-5-4-7-21(11-15)18(24)14-6-8-25-12-14/h6,8-10,12-13,15H,4-5,7,11H2,1-3H3. The van der Waals surface area contributed by atoms with Gasteiger partial charge >= 0.3 is 0 Å². The molecule has 0 radical (unpaired) electrons. The van der Waals surface area contributed by atoms with Crippen molar-refractivity contribution in [3.8, 4) is 0 Å². The van der Waals surface area contributed by atoms with Crippen LogP contribution in [0.4, 0.5) is 5.69 Å². The van der Waals surface area contributed by atoms with Gasteiger partial charge in [-0.1, -0.05) is 0 Å². The van der Waals surface area contributed by atoms with E-state index in [0.29, 0.717) is 12.6 Å². The largest absolute Gasteiger partial charge is 0.371 e. The van der Waals surface area contributed by atoms with Crippen LogP contribution >= 0.6 is 11.3 Å². The first-order chi connectivity index (χ1) is 12.0. The molecule has 2 aromatic rings. The summed E-state index contributed by atoms with van der Waals surface area (Å²) in [6.07, 6.45) is 3.48. The SMILES string of the molecule is CC(C)N(C)c1cnn(C2CCCN(C(=O)c3ccsc3)C2)c(=O)c1. The van der Waals surface area contributed by atoms with Crippen molar-refractivity contribution in [2.75, 3.05) is 25.0 Å². The van der Waals surface area contributed by atoms with Gasteiger partial charge in [0.05, 0.1) is 23.5 Å². The van der Waals surface area contributed by atoms with Gasteiger partial charge in [-0.25, -0.2) is 4.68 Å². The number of hydrogen-bond donors (Lipinski definition) is 0. The lowest BCUT2D eigenvalue weighted by atomic mass is 10.1. The summed E-state index contributed by atoms with van der Waals surface area (Å²) in [6.45, 7) is 5.40. The second-order valence-electron chi connectivity index (χ2n) is 6.76. The fourth-order valence-corrected chi connectivity index (χ4v) is 3.71. The molecule has 6 nitrogen and oxygen atoms in total. The van der Waals surface area contributed by atoms with Crippen LogP contribution in [0.25, 0.3) is 0 Å². The van der Waals surface area contributed by atoms with Gasteiger partial charge in [-0.15, -0.1) is 0 Å². The van der Waals surface area contributed by atoms with Crippen molar-refractivity contribution in [2.24, 2.45) is 0 Å². The van der Waals surface area contributed by atoms with Gasteiger partial charge in [0.2, 0.25) is 0 Å². The van der Waals surface area contributed by atoms with E-state index < -0.39 is 0 Å². The first-order valence-corrected chi connectivity index (χ1v) is 9.55. The van der Waals surface area contributed by atoms with Crippen LogP contribution in [-0.2, 0) is 0 Å². The molecule has 0 N–H and O–H groups in total. The molecule has 134 valence electrons. The fourth-order valence-electron chi connectivity index (χ4n) is 3.08. The molecule has 1 amide bonds. The third-order valence-corrected chi connectivity index (χ3v) is 5.47. The van der Waals surface area contributed by atoms with Gasteiger partial charge in [0.15, 0.2) is 0 Å². The Kier molecular flexibility index (Phi) is 5.22. The number of carbonyl (C=O) groups is 1. The molecule has 3 rings (SSSR count). The van der Waals surface area contributed by atoms with Crippen molar-refractivity contribution in [1.29, 1.82) is 0 Å². The number of hydrogen-bond acceptors (Lipinski definition) is 5. The zero-order valence-electron chi connectivity index (χ0n) is 14.9. The molecule has 1 unspecified atom stereocenters. The van der Waals surface area contributed by atoms with Crippen LogP contribution in [-0.4, -0.2) is 46.8 Å². The van der Waals surface area contributed by atoms with Crippen molar-refractivity contribution in [3.05, 3.63) is 45.0 Å². The molecular formula is C18H24N4O2S. The molecule has 25 heavy (non-hydrogen) atoms. The Morgan fingerprint density at radius 2 is 2.24 bits per heavy atom. The minimum Gasteiger partial charge on any atom is -0.371 e. The van der Waals surface area contributed by atoms with E-state index in [-0.39, 0.29) is 17.5 Å². The Bertz CT molecular complexity index is 785. The summed E-state index contributed by atoms with van der Waals surface area (Å²) in [6, 6.07) is 3.71. The van der Waals surface area contributed by atoms with Crippen LogP contribution in [0.5, 0.6) is 0 Å². The molecule has 0 saturated carbocycles. The predicted molar refractivity (Wildman–Crippen MR) is 101 cm³/mol. The summed E-state index contributed by atoms with van der Waals surface area (Å²) in [4.78, 5) is 29.0. The number of thiophene rings is 1. The van der Waals surface area contributed by atoms with Crippen molar-refractivity contribution in [3.63, 3.8) is 0 Å². The number of aromatic nitrogens is 2. The first-order valence-electron chi connectivity index (χ1n) is 8.60. The summed E-state index contributed by atoms with van der Waals surface area (Å²) in [5.74, 6) is 0.0372. The molecule has 1 aliphatic heterocycles. The number of amides is 1. The van der Waals surface area contributed by atoms with E-state index >= 15 is 0 Å². The van der Waals surface area contributed by atoms with Gasteiger partial charge in [-0.2, -0.15) is 16.4 Å². The van der Waals surface area contributed by atoms with E-state index in [9.17, 15) is 9.59 Å². The molecule has 0 aliphatic carbocycles. The van der Waals surface area contributed by atoms with Gasteiger partial charge < -0.3 is 9.80 Å². The third kappa shape index (κ3) is 3.76. The van der Waals surface area contributed by atoms with Crippen LogP contribution < -0.4 is 10.5 Å². The summed E-state index contributed by atoms with van der Waals surface area (Å²) >= 11 is 1.52.